The van der Waals surface area contributed by atoms with Gasteiger partial charge in [-0.05, 0) is 78.0 Å². The van der Waals surface area contributed by atoms with E-state index in [0.717, 1.165) is 0 Å². The van der Waals surface area contributed by atoms with Crippen LogP contribution >= 0.6 is 15.9 Å². The van der Waals surface area contributed by atoms with Crippen LogP contribution in [0.3, 0.4) is 0 Å². The predicted molar refractivity (Wildman–Crippen MR) is 232 cm³/mol. The summed E-state index contributed by atoms with van der Waals surface area (Å²) >= 11 is -2.60. The number of alkyl halides is 16. The maximum atomic E-state index is 12.4. The Kier molecular flexibility index (Phi) is 45.1. The van der Waals surface area contributed by atoms with Crippen LogP contribution in [0.5, 0.6) is 0 Å². The van der Waals surface area contributed by atoms with Crippen molar-refractivity contribution >= 4 is 58.5 Å². The van der Waals surface area contributed by atoms with Crippen molar-refractivity contribution in [2.75, 3.05) is 33.1 Å². The van der Waals surface area contributed by atoms with Gasteiger partial charge in [-0.15, -0.1) is 3.89 Å². The number of halogens is 17. The van der Waals surface area contributed by atoms with Gasteiger partial charge in [0, 0.05) is 63.2 Å². The molecule has 4 N–H and O–H groups in total. The Morgan fingerprint density at radius 1 is 0.527 bits per heavy atom. The molecule has 0 fully saturated rings. The van der Waals surface area contributed by atoms with Gasteiger partial charge in [0.1, 0.15) is 0 Å². The Morgan fingerprint density at radius 3 is 1.01 bits per heavy atom. The zero-order valence-electron chi connectivity index (χ0n) is 38.0. The molecule has 0 aliphatic carbocycles. The standard InChI is InChI=1S/C18H15S.C5H7BrF4O.C5H8F4O4S.C5H8F4O3S.C5H9F3O.CH4.FHO3S.2Na/c1-4-10-16(11-5-1)19(17-12-6-2-7-13-17)18-14-8-3-9-15-18;6-5(9,10)4(7,8)2-1-3-11;6-4(7,2-1-3-10)5(8,9)14(11,12)13;6-4(7,2-1-3-10)5(8,9)13(11)12;6-4-5(7,8)2-1-3-9;;1-5(2,3)4;;/h1-15H;11H,1-3H2;10H,1-3H2,(H,11,12,13);10H,1-3H2,(H,11,12);9H,1-4H2;1H4;(H,2,3,4);;/q+1;;;;;;;2*+1/p-3. The number of benzene rings is 3. The van der Waals surface area contributed by atoms with Crippen molar-refractivity contribution in [2.24, 2.45) is 0 Å². The molecule has 12 nitrogen and oxygen atoms in total. The molecule has 0 radical (unpaired) electrons. The van der Waals surface area contributed by atoms with E-state index in [-0.39, 0.29) is 96.9 Å². The zero-order chi connectivity index (χ0) is 56.2. The Bertz CT molecular complexity index is 2030. The molecule has 3 rings (SSSR count). The molecule has 0 aliphatic heterocycles. The molecule has 35 heteroatoms. The third kappa shape index (κ3) is 34.9. The van der Waals surface area contributed by atoms with Crippen LogP contribution in [-0.4, -0.2) is 127 Å². The van der Waals surface area contributed by atoms with Crippen LogP contribution in [0.2, 0.25) is 0 Å². The Labute approximate surface area is 475 Å². The van der Waals surface area contributed by atoms with E-state index in [1.54, 1.807) is 15.9 Å². The van der Waals surface area contributed by atoms with Gasteiger partial charge in [-0.2, -0.15) is 52.7 Å². The molecule has 422 valence electrons. The maximum absolute atomic E-state index is 12.4. The van der Waals surface area contributed by atoms with E-state index in [4.69, 9.17) is 33.4 Å². The number of hydrogen-bond acceptors (Lipinski definition) is 12. The second-order valence-corrected chi connectivity index (χ2v) is 19.5. The average Bonchev–Trinajstić information content (AvgIpc) is 3.27. The summed E-state index contributed by atoms with van der Waals surface area (Å²) in [6, 6.07) is 32.2. The predicted octanol–water partition coefficient (Wildman–Crippen LogP) is 3.99. The summed E-state index contributed by atoms with van der Waals surface area (Å²) in [5.74, 6) is -16.9. The van der Waals surface area contributed by atoms with Gasteiger partial charge in [-0.25, -0.2) is 30.0 Å². The first-order chi connectivity index (χ1) is 32.2. The summed E-state index contributed by atoms with van der Waals surface area (Å²) in [5.41, 5.74) is 0. The Hall–Kier alpha value is -0.860. The molecule has 1 unspecified atom stereocenters. The first kappa shape index (κ1) is 84.4. The van der Waals surface area contributed by atoms with E-state index >= 15 is 0 Å². The van der Waals surface area contributed by atoms with Gasteiger partial charge >= 0.3 is 92.2 Å². The molecule has 0 aromatic heterocycles. The number of hydrogen-bond donors (Lipinski definition) is 4. The normalized spacial score (nSPS) is 12.5. The van der Waals surface area contributed by atoms with Crippen LogP contribution < -0.4 is 59.1 Å². The van der Waals surface area contributed by atoms with Gasteiger partial charge in [0.25, 0.3) is 16.4 Å². The van der Waals surface area contributed by atoms with Crippen LogP contribution in [0.4, 0.5) is 69.7 Å². The third-order valence-electron chi connectivity index (χ3n) is 7.57. The van der Waals surface area contributed by atoms with Gasteiger partial charge in [0.05, 0.1) is 10.9 Å². The summed E-state index contributed by atoms with van der Waals surface area (Å²) in [6.07, 6.45) is -6.23. The monoisotopic (exact) mass is 1270 g/mol. The molecule has 0 amide bonds. The number of aliphatic hydroxyl groups is 4. The molecule has 74 heavy (non-hydrogen) atoms. The third-order valence-corrected chi connectivity index (χ3v) is 12.0. The van der Waals surface area contributed by atoms with E-state index in [0.29, 0.717) is 0 Å². The zero-order valence-corrected chi connectivity index (χ0v) is 46.8. The minimum atomic E-state index is -6.41. The molecule has 0 saturated carbocycles. The number of aliphatic hydroxyl groups excluding tert-OH is 4. The van der Waals surface area contributed by atoms with Crippen LogP contribution in [0.15, 0.2) is 106 Å². The summed E-state index contributed by atoms with van der Waals surface area (Å²) in [4.78, 5) is -0.102. The second-order valence-electron chi connectivity index (χ2n) is 13.3. The van der Waals surface area contributed by atoms with Crippen molar-refractivity contribution in [1.29, 1.82) is 0 Å². The minimum Gasteiger partial charge on any atom is -0.768 e. The van der Waals surface area contributed by atoms with Gasteiger partial charge < -0.3 is 34.1 Å². The van der Waals surface area contributed by atoms with E-state index in [1.807, 2.05) is 0 Å². The van der Waals surface area contributed by atoms with E-state index in [1.165, 1.54) is 14.7 Å². The Morgan fingerprint density at radius 2 is 0.784 bits per heavy atom. The van der Waals surface area contributed by atoms with Crippen LogP contribution in [0.25, 0.3) is 0 Å². The molecular formula is C39H49BrF16Na2O12S4. The van der Waals surface area contributed by atoms with Crippen molar-refractivity contribution in [3.8, 4) is 0 Å². The van der Waals surface area contributed by atoms with Crippen LogP contribution in [0.1, 0.15) is 58.8 Å². The molecule has 0 aliphatic rings. The fourth-order valence-corrected chi connectivity index (χ4v) is 7.24. The van der Waals surface area contributed by atoms with Crippen molar-refractivity contribution in [3.63, 3.8) is 0 Å². The molecule has 0 bridgehead atoms. The van der Waals surface area contributed by atoms with Crippen molar-refractivity contribution in [2.45, 2.75) is 113 Å². The van der Waals surface area contributed by atoms with E-state index in [2.05, 4.69) is 91.0 Å². The maximum Gasteiger partial charge on any atom is 1.00 e. The van der Waals surface area contributed by atoms with Gasteiger partial charge in [-0.1, -0.05) is 62.0 Å². The summed E-state index contributed by atoms with van der Waals surface area (Å²) in [5, 5.41) is 21.6. The SMILES string of the molecule is C.O=S(=O)([O-])C(F)(F)C(F)(F)CCCO.O=S(=O)([O-])F.O=S([O-])C(F)(F)C(F)(F)CCCO.OCCCC(F)(F)C(F)(F)Br.OCCCC(F)(F)CF.[Na+].[Na+].c1ccc([S+](c2ccccc2)c2ccccc2)cc1. The second kappa shape index (κ2) is 39.5. The topological polar surface area (TPSA) is 235 Å². The van der Waals surface area contributed by atoms with Crippen molar-refractivity contribution in [1.82, 2.24) is 0 Å². The van der Waals surface area contributed by atoms with Crippen molar-refractivity contribution in [3.05, 3.63) is 91.0 Å². The van der Waals surface area contributed by atoms with E-state index in [9.17, 15) is 91.5 Å². The molecule has 0 heterocycles. The molecule has 3 aromatic carbocycles. The van der Waals surface area contributed by atoms with Crippen LogP contribution in [0, 0.1) is 0 Å². The van der Waals surface area contributed by atoms with Gasteiger partial charge in [0.15, 0.2) is 31.5 Å². The quantitative estimate of drug-likeness (QED) is 0.0226. The molecule has 3 aromatic rings. The molecule has 0 saturated heterocycles. The fraction of sp³-hybridized carbons (Fsp3) is 0.538. The van der Waals surface area contributed by atoms with Gasteiger partial charge in [0.2, 0.25) is 0 Å². The molecular weight excluding hydrogens is 1220 g/mol. The summed E-state index contributed by atoms with van der Waals surface area (Å²) < 4.78 is 266. The average molecular weight is 1270 g/mol. The summed E-state index contributed by atoms with van der Waals surface area (Å²) in [6.45, 7) is -3.96. The summed E-state index contributed by atoms with van der Waals surface area (Å²) in [7, 11) is -11.8. The van der Waals surface area contributed by atoms with Crippen molar-refractivity contribution < 1.29 is 184 Å². The van der Waals surface area contributed by atoms with Gasteiger partial charge in [-0.3, -0.25) is 4.21 Å². The minimum absolute atomic E-state index is 0. The fourth-order valence-electron chi connectivity index (χ4n) is 4.12. The first-order valence-corrected chi connectivity index (χ1v) is 24.9. The smallest absolute Gasteiger partial charge is 0.768 e. The molecule has 0 spiro atoms. The largest absolute Gasteiger partial charge is 1.00 e. The molecule has 1 atom stereocenters. The van der Waals surface area contributed by atoms with E-state index < -0.39 is 136 Å². The number of rotatable bonds is 21. The Balaban J connectivity index is -0.000000193. The first-order valence-electron chi connectivity index (χ1n) is 19.1. The van der Waals surface area contributed by atoms with Crippen LogP contribution in [-0.2, 0) is 42.6 Å².